The fraction of sp³-hybridized carbons (Fsp3) is 0.640. The van der Waals surface area contributed by atoms with Crippen molar-refractivity contribution in [1.29, 1.82) is 0 Å². The summed E-state index contributed by atoms with van der Waals surface area (Å²) in [5.41, 5.74) is -8.42. The van der Waals surface area contributed by atoms with E-state index in [4.69, 9.17) is 9.47 Å². The Bertz CT molecular complexity index is 1100. The maximum Gasteiger partial charge on any atom is 0.303 e. The van der Waals surface area contributed by atoms with Crippen molar-refractivity contribution in [2.24, 2.45) is 22.7 Å². The van der Waals surface area contributed by atoms with Gasteiger partial charge in [-0.2, -0.15) is 0 Å². The van der Waals surface area contributed by atoms with E-state index in [1.807, 2.05) is 0 Å². The molecule has 0 saturated heterocycles. The first kappa shape index (κ1) is 25.3. The fourth-order valence-electron chi connectivity index (χ4n) is 6.98. The van der Waals surface area contributed by atoms with Crippen molar-refractivity contribution in [3.63, 3.8) is 0 Å². The van der Waals surface area contributed by atoms with Gasteiger partial charge >= 0.3 is 11.9 Å². The van der Waals surface area contributed by atoms with Crippen LogP contribution >= 0.6 is 0 Å². The zero-order chi connectivity index (χ0) is 26.1. The number of hydrogen-bond acceptors (Lipinski definition) is 8. The molecule has 0 radical (unpaired) electrons. The van der Waals surface area contributed by atoms with Gasteiger partial charge in [-0.25, -0.2) is 8.78 Å². The number of allylic oxidation sites excluding steroid dienone is 4. The number of Topliss-reactive ketones (excluding diaryl/α,β-unsaturated/α-hetero) is 2. The minimum Gasteiger partial charge on any atom is -0.459 e. The Morgan fingerprint density at radius 1 is 1.17 bits per heavy atom. The Morgan fingerprint density at radius 2 is 1.83 bits per heavy atom. The third-order valence-corrected chi connectivity index (χ3v) is 8.71. The van der Waals surface area contributed by atoms with Crippen LogP contribution in [0.1, 0.15) is 47.0 Å². The van der Waals surface area contributed by atoms with Crippen molar-refractivity contribution in [1.82, 2.24) is 0 Å². The lowest BCUT2D eigenvalue weighted by molar-refractivity contribution is -0.201. The number of hydrogen-bond donors (Lipinski definition) is 1. The molecule has 4 aliphatic rings. The second-order valence-corrected chi connectivity index (χ2v) is 10.5. The molecule has 35 heavy (non-hydrogen) atoms. The summed E-state index contributed by atoms with van der Waals surface area (Å²) in [4.78, 5) is 61.8. The average molecular weight is 494 g/mol. The number of esters is 2. The topological polar surface area (TPSA) is 124 Å². The largest absolute Gasteiger partial charge is 0.459 e. The number of aliphatic hydroxyl groups is 1. The van der Waals surface area contributed by atoms with Gasteiger partial charge in [0.2, 0.25) is 5.78 Å². The molecule has 4 aliphatic carbocycles. The van der Waals surface area contributed by atoms with Gasteiger partial charge in [-0.1, -0.05) is 18.6 Å². The highest BCUT2D eigenvalue weighted by molar-refractivity contribution is 6.03. The molecule has 1 N–H and O–H groups in total. The zero-order valence-electron chi connectivity index (χ0n) is 19.9. The van der Waals surface area contributed by atoms with Crippen molar-refractivity contribution in [2.45, 2.75) is 70.5 Å². The van der Waals surface area contributed by atoms with Crippen molar-refractivity contribution in [3.8, 4) is 0 Å². The fourth-order valence-corrected chi connectivity index (χ4v) is 6.98. The Kier molecular flexibility index (Phi) is 5.70. The molecule has 0 spiro atoms. The van der Waals surface area contributed by atoms with Crippen molar-refractivity contribution >= 4 is 29.3 Å². The normalized spacial score (nSPS) is 44.0. The second kappa shape index (κ2) is 7.88. The predicted octanol–water partition coefficient (Wildman–Crippen LogP) is 1.92. The van der Waals surface area contributed by atoms with Gasteiger partial charge in [0.25, 0.3) is 0 Å². The number of carbonyl (C=O) groups excluding carboxylic acids is 5. The SMILES string of the molecule is CC(=O)OCC(=O)[C@@]1(O)[C@H](OC(C)=O)C[C@H]2[C@@H]3[C@H](F)CC4=CC(=O)C=C[C@]4(C)[C@@]3(F)C(=O)C[C@@]21C. The Balaban J connectivity index is 1.85. The minimum atomic E-state index is -2.76. The van der Waals surface area contributed by atoms with Crippen LogP contribution in [-0.2, 0) is 33.4 Å². The molecule has 3 fully saturated rings. The first-order valence-electron chi connectivity index (χ1n) is 11.5. The third-order valence-electron chi connectivity index (χ3n) is 8.71. The molecule has 0 amide bonds. The molecular weight excluding hydrogens is 466 g/mol. The van der Waals surface area contributed by atoms with E-state index < -0.39 is 88.5 Å². The first-order chi connectivity index (χ1) is 16.1. The smallest absolute Gasteiger partial charge is 0.303 e. The molecule has 0 bridgehead atoms. The first-order valence-corrected chi connectivity index (χ1v) is 11.5. The number of halogens is 2. The molecule has 190 valence electrons. The van der Waals surface area contributed by atoms with Crippen molar-refractivity contribution < 1.29 is 47.3 Å². The molecule has 0 aliphatic heterocycles. The van der Waals surface area contributed by atoms with Crippen LogP contribution in [0.25, 0.3) is 0 Å². The number of ether oxygens (including phenoxy) is 2. The van der Waals surface area contributed by atoms with Crippen LogP contribution in [0.5, 0.6) is 0 Å². The molecule has 0 heterocycles. The number of rotatable bonds is 4. The summed E-state index contributed by atoms with van der Waals surface area (Å²) in [6.45, 7) is 4.08. The molecule has 8 nitrogen and oxygen atoms in total. The van der Waals surface area contributed by atoms with E-state index in [-0.39, 0.29) is 18.4 Å². The van der Waals surface area contributed by atoms with E-state index in [1.54, 1.807) is 0 Å². The van der Waals surface area contributed by atoms with Gasteiger partial charge in [0.05, 0.1) is 0 Å². The third kappa shape index (κ3) is 3.21. The maximum absolute atomic E-state index is 17.1. The van der Waals surface area contributed by atoms with Crippen LogP contribution in [0, 0.1) is 22.7 Å². The van der Waals surface area contributed by atoms with E-state index in [0.29, 0.717) is 0 Å². The summed E-state index contributed by atoms with van der Waals surface area (Å²) < 4.78 is 42.9. The monoisotopic (exact) mass is 494 g/mol. The lowest BCUT2D eigenvalue weighted by atomic mass is 9.44. The second-order valence-electron chi connectivity index (χ2n) is 10.5. The molecule has 3 saturated carbocycles. The van der Waals surface area contributed by atoms with Crippen LogP contribution in [0.3, 0.4) is 0 Å². The van der Waals surface area contributed by atoms with Gasteiger partial charge in [0, 0.05) is 43.4 Å². The lowest BCUT2D eigenvalue weighted by Gasteiger charge is -2.60. The van der Waals surface area contributed by atoms with Crippen LogP contribution in [-0.4, -0.2) is 64.5 Å². The number of ketones is 3. The van der Waals surface area contributed by atoms with Gasteiger partial charge in [-0.3, -0.25) is 24.0 Å². The summed E-state index contributed by atoms with van der Waals surface area (Å²) >= 11 is 0. The summed E-state index contributed by atoms with van der Waals surface area (Å²) in [5.74, 6) is -6.76. The number of alkyl halides is 2. The lowest BCUT2D eigenvalue weighted by Crippen LogP contribution is -2.70. The maximum atomic E-state index is 17.1. The van der Waals surface area contributed by atoms with Gasteiger partial charge in [0.15, 0.2) is 29.4 Å². The standard InChI is InChI=1S/C25H28F2O8/c1-12(28)34-11-19(32)25(33)20(35-13(2)29)9-16-21-17(26)8-14-7-15(30)5-6-22(14,3)24(21,27)18(31)10-23(16,25)4/h5-7,16-17,20-21,33H,8-11H2,1-4H3/t16-,17+,20+,21+,22-,23-,24+,25+/m0/s1. The van der Waals surface area contributed by atoms with Gasteiger partial charge in [-0.05, 0) is 31.4 Å². The number of fused-ring (bicyclic) bond motifs is 5. The predicted molar refractivity (Wildman–Crippen MR) is 115 cm³/mol. The molecule has 10 heteroatoms. The summed E-state index contributed by atoms with van der Waals surface area (Å²) in [7, 11) is 0. The quantitative estimate of drug-likeness (QED) is 0.588. The van der Waals surface area contributed by atoms with Crippen molar-refractivity contribution in [3.05, 3.63) is 23.8 Å². The number of carbonyl (C=O) groups is 5. The van der Waals surface area contributed by atoms with E-state index >= 15 is 8.78 Å². The molecule has 8 atom stereocenters. The molecule has 0 unspecified atom stereocenters. The van der Waals surface area contributed by atoms with E-state index in [2.05, 4.69) is 0 Å². The highest BCUT2D eigenvalue weighted by Gasteiger charge is 2.79. The van der Waals surface area contributed by atoms with Gasteiger partial charge in [0.1, 0.15) is 12.3 Å². The highest BCUT2D eigenvalue weighted by Crippen LogP contribution is 2.69. The van der Waals surface area contributed by atoms with E-state index in [9.17, 15) is 29.1 Å². The van der Waals surface area contributed by atoms with Crippen LogP contribution in [0.15, 0.2) is 23.8 Å². The van der Waals surface area contributed by atoms with Gasteiger partial charge < -0.3 is 14.6 Å². The molecule has 0 aromatic rings. The molecular formula is C25H28F2O8. The van der Waals surface area contributed by atoms with Crippen LogP contribution in [0.2, 0.25) is 0 Å². The van der Waals surface area contributed by atoms with Crippen LogP contribution in [0.4, 0.5) is 8.78 Å². The van der Waals surface area contributed by atoms with E-state index in [0.717, 1.165) is 26.0 Å². The molecule has 4 rings (SSSR count). The molecule has 0 aromatic carbocycles. The van der Waals surface area contributed by atoms with Crippen molar-refractivity contribution in [2.75, 3.05) is 6.61 Å². The Morgan fingerprint density at radius 3 is 2.43 bits per heavy atom. The zero-order valence-corrected chi connectivity index (χ0v) is 19.9. The van der Waals surface area contributed by atoms with Crippen LogP contribution < -0.4 is 0 Å². The Hall–Kier alpha value is -2.75. The summed E-state index contributed by atoms with van der Waals surface area (Å²) in [6, 6.07) is 0. The molecule has 0 aromatic heterocycles. The average Bonchev–Trinajstić information content (AvgIpc) is 2.96. The van der Waals surface area contributed by atoms with E-state index in [1.165, 1.54) is 19.9 Å². The summed E-state index contributed by atoms with van der Waals surface area (Å²) in [5, 5.41) is 11.8. The summed E-state index contributed by atoms with van der Waals surface area (Å²) in [6.07, 6.45) is -1.05. The minimum absolute atomic E-state index is 0.170. The highest BCUT2D eigenvalue weighted by atomic mass is 19.2. The Labute approximate surface area is 200 Å². The van der Waals surface area contributed by atoms with Gasteiger partial charge in [-0.15, -0.1) is 0 Å².